The van der Waals surface area contributed by atoms with Crippen molar-refractivity contribution in [2.45, 2.75) is 33.5 Å². The van der Waals surface area contributed by atoms with E-state index in [4.69, 9.17) is 9.47 Å². The average Bonchev–Trinajstić information content (AvgIpc) is 2.76. The first-order chi connectivity index (χ1) is 14.4. The Morgan fingerprint density at radius 1 is 0.900 bits per heavy atom. The fourth-order valence-electron chi connectivity index (χ4n) is 2.86. The largest absolute Gasteiger partial charge is 0.479 e. The maximum Gasteiger partial charge on any atom is 0.347 e. The molecule has 0 aliphatic carbocycles. The molecule has 0 spiro atoms. The molecule has 0 fully saturated rings. The minimum atomic E-state index is -0.761. The average molecular weight is 403 g/mol. The SMILES string of the molecule is Cc1cccc(NC(=O)c2ccc(O[C@H](C)C(=O)OCc3ccccc3)cc2)c1C. The molecule has 5 nitrogen and oxygen atoms in total. The van der Waals surface area contributed by atoms with E-state index in [1.807, 2.05) is 62.4 Å². The molecule has 0 saturated carbocycles. The maximum atomic E-state index is 12.5. The van der Waals surface area contributed by atoms with Gasteiger partial charge in [-0.15, -0.1) is 0 Å². The van der Waals surface area contributed by atoms with Crippen LogP contribution in [0.4, 0.5) is 5.69 Å². The van der Waals surface area contributed by atoms with E-state index < -0.39 is 12.1 Å². The van der Waals surface area contributed by atoms with E-state index >= 15 is 0 Å². The minimum absolute atomic E-state index is 0.199. The number of carbonyl (C=O) groups excluding carboxylic acids is 2. The number of carbonyl (C=O) groups is 2. The van der Waals surface area contributed by atoms with Gasteiger partial charge in [-0.25, -0.2) is 4.79 Å². The minimum Gasteiger partial charge on any atom is -0.479 e. The number of hydrogen-bond acceptors (Lipinski definition) is 4. The first kappa shape index (κ1) is 21.1. The third kappa shape index (κ3) is 5.47. The molecular formula is C25H25NO4. The summed E-state index contributed by atoms with van der Waals surface area (Å²) in [6.07, 6.45) is -0.761. The fraction of sp³-hybridized carbons (Fsp3) is 0.200. The lowest BCUT2D eigenvalue weighted by molar-refractivity contribution is -0.152. The highest BCUT2D eigenvalue weighted by Crippen LogP contribution is 2.20. The van der Waals surface area contributed by atoms with Gasteiger partial charge in [0.2, 0.25) is 0 Å². The van der Waals surface area contributed by atoms with Crippen molar-refractivity contribution in [1.82, 2.24) is 0 Å². The van der Waals surface area contributed by atoms with E-state index in [0.29, 0.717) is 11.3 Å². The van der Waals surface area contributed by atoms with Gasteiger partial charge in [-0.3, -0.25) is 4.79 Å². The van der Waals surface area contributed by atoms with Crippen molar-refractivity contribution in [2.75, 3.05) is 5.32 Å². The van der Waals surface area contributed by atoms with Crippen LogP contribution in [0.5, 0.6) is 5.75 Å². The summed E-state index contributed by atoms with van der Waals surface area (Å²) in [5, 5.41) is 2.92. The van der Waals surface area contributed by atoms with Crippen LogP contribution in [0.15, 0.2) is 72.8 Å². The summed E-state index contributed by atoms with van der Waals surface area (Å²) >= 11 is 0. The van der Waals surface area contributed by atoms with E-state index in [2.05, 4.69) is 5.32 Å². The highest BCUT2D eigenvalue weighted by molar-refractivity contribution is 6.04. The van der Waals surface area contributed by atoms with Gasteiger partial charge in [0.05, 0.1) is 0 Å². The van der Waals surface area contributed by atoms with Crippen LogP contribution < -0.4 is 10.1 Å². The molecule has 0 radical (unpaired) electrons. The molecule has 1 amide bonds. The molecule has 1 atom stereocenters. The fourth-order valence-corrected chi connectivity index (χ4v) is 2.86. The molecule has 0 saturated heterocycles. The lowest BCUT2D eigenvalue weighted by Crippen LogP contribution is -2.26. The maximum absolute atomic E-state index is 12.5. The van der Waals surface area contributed by atoms with E-state index in [-0.39, 0.29) is 12.5 Å². The second kappa shape index (κ2) is 9.74. The van der Waals surface area contributed by atoms with Crippen molar-refractivity contribution >= 4 is 17.6 Å². The summed E-state index contributed by atoms with van der Waals surface area (Å²) < 4.78 is 10.9. The molecule has 0 unspecified atom stereocenters. The lowest BCUT2D eigenvalue weighted by atomic mass is 10.1. The van der Waals surface area contributed by atoms with Crippen LogP contribution in [0.25, 0.3) is 0 Å². The van der Waals surface area contributed by atoms with Gasteiger partial charge in [0.25, 0.3) is 5.91 Å². The molecular weight excluding hydrogens is 378 g/mol. The quantitative estimate of drug-likeness (QED) is 0.560. The normalized spacial score (nSPS) is 11.4. The van der Waals surface area contributed by atoms with Gasteiger partial charge < -0.3 is 14.8 Å². The summed E-state index contributed by atoms with van der Waals surface area (Å²) in [6, 6.07) is 21.9. The molecule has 3 aromatic carbocycles. The number of esters is 1. The predicted octanol–water partition coefficient (Wildman–Crippen LogP) is 5.07. The molecule has 30 heavy (non-hydrogen) atoms. The number of ether oxygens (including phenoxy) is 2. The summed E-state index contributed by atoms with van der Waals surface area (Å²) in [4.78, 5) is 24.7. The van der Waals surface area contributed by atoms with Crippen LogP contribution in [0.1, 0.15) is 34.0 Å². The Morgan fingerprint density at radius 3 is 2.30 bits per heavy atom. The number of nitrogens with one attached hydrogen (secondary N) is 1. The van der Waals surface area contributed by atoms with Gasteiger partial charge in [-0.2, -0.15) is 0 Å². The van der Waals surface area contributed by atoms with Crippen molar-refractivity contribution in [3.05, 3.63) is 95.1 Å². The van der Waals surface area contributed by atoms with Gasteiger partial charge in [0.1, 0.15) is 12.4 Å². The van der Waals surface area contributed by atoms with Gasteiger partial charge >= 0.3 is 5.97 Å². The second-order valence-corrected chi connectivity index (χ2v) is 7.08. The molecule has 0 bridgehead atoms. The number of hydrogen-bond donors (Lipinski definition) is 1. The van der Waals surface area contributed by atoms with Crippen LogP contribution >= 0.6 is 0 Å². The van der Waals surface area contributed by atoms with Crippen LogP contribution in [0.2, 0.25) is 0 Å². The zero-order valence-electron chi connectivity index (χ0n) is 17.3. The number of aryl methyl sites for hydroxylation is 1. The number of rotatable bonds is 7. The molecule has 0 aromatic heterocycles. The number of anilines is 1. The standard InChI is InChI=1S/C25H25NO4/c1-17-8-7-11-23(18(17)2)26-24(27)21-12-14-22(15-13-21)30-19(3)25(28)29-16-20-9-5-4-6-10-20/h4-15,19H,16H2,1-3H3,(H,26,27)/t19-/m1/s1. The van der Waals surface area contributed by atoms with Crippen molar-refractivity contribution in [3.63, 3.8) is 0 Å². The molecule has 1 N–H and O–H groups in total. The molecule has 5 heteroatoms. The topological polar surface area (TPSA) is 64.6 Å². The first-order valence-electron chi connectivity index (χ1n) is 9.79. The zero-order valence-corrected chi connectivity index (χ0v) is 17.3. The van der Waals surface area contributed by atoms with Gasteiger partial charge in [-0.1, -0.05) is 42.5 Å². The van der Waals surface area contributed by atoms with Crippen molar-refractivity contribution in [1.29, 1.82) is 0 Å². The molecule has 3 aromatic rings. The summed E-state index contributed by atoms with van der Waals surface area (Å²) in [6.45, 7) is 5.81. The highest BCUT2D eigenvalue weighted by Gasteiger charge is 2.17. The van der Waals surface area contributed by atoms with E-state index in [9.17, 15) is 9.59 Å². The Bertz CT molecular complexity index is 1010. The first-order valence-corrected chi connectivity index (χ1v) is 9.79. The summed E-state index contributed by atoms with van der Waals surface area (Å²) in [5.74, 6) is -0.163. The van der Waals surface area contributed by atoms with Crippen LogP contribution in [0, 0.1) is 13.8 Å². The predicted molar refractivity (Wildman–Crippen MR) is 117 cm³/mol. The van der Waals surface area contributed by atoms with E-state index in [1.165, 1.54) is 0 Å². The second-order valence-electron chi connectivity index (χ2n) is 7.08. The monoisotopic (exact) mass is 403 g/mol. The zero-order chi connectivity index (χ0) is 21.5. The molecule has 0 aliphatic heterocycles. The highest BCUT2D eigenvalue weighted by atomic mass is 16.6. The third-order valence-corrected chi connectivity index (χ3v) is 4.84. The van der Waals surface area contributed by atoms with Crippen LogP contribution in [-0.4, -0.2) is 18.0 Å². The van der Waals surface area contributed by atoms with Crippen molar-refractivity contribution in [3.8, 4) is 5.75 Å². The lowest BCUT2D eigenvalue weighted by Gasteiger charge is -2.14. The molecule has 154 valence electrons. The third-order valence-electron chi connectivity index (χ3n) is 4.84. The van der Waals surface area contributed by atoms with Crippen molar-refractivity contribution < 1.29 is 19.1 Å². The Morgan fingerprint density at radius 2 is 1.60 bits per heavy atom. The van der Waals surface area contributed by atoms with Crippen molar-refractivity contribution in [2.24, 2.45) is 0 Å². The van der Waals surface area contributed by atoms with Crippen LogP contribution in [-0.2, 0) is 16.1 Å². The summed E-state index contributed by atoms with van der Waals surface area (Å²) in [7, 11) is 0. The van der Waals surface area contributed by atoms with E-state index in [1.54, 1.807) is 31.2 Å². The Hall–Kier alpha value is -3.60. The molecule has 0 aliphatic rings. The smallest absolute Gasteiger partial charge is 0.347 e. The van der Waals surface area contributed by atoms with Gasteiger partial charge in [0, 0.05) is 11.3 Å². The summed E-state index contributed by atoms with van der Waals surface area (Å²) in [5.41, 5.74) is 4.35. The number of amides is 1. The Balaban J connectivity index is 1.55. The van der Waals surface area contributed by atoms with Crippen LogP contribution in [0.3, 0.4) is 0 Å². The van der Waals surface area contributed by atoms with Gasteiger partial charge in [-0.05, 0) is 67.8 Å². The number of benzene rings is 3. The molecule has 3 rings (SSSR count). The van der Waals surface area contributed by atoms with Gasteiger partial charge in [0.15, 0.2) is 6.10 Å². The van der Waals surface area contributed by atoms with E-state index in [0.717, 1.165) is 22.4 Å². The molecule has 0 heterocycles. The Labute approximate surface area is 176 Å². The Kier molecular flexibility index (Phi) is 6.86.